The highest BCUT2D eigenvalue weighted by molar-refractivity contribution is 6.07. The van der Waals surface area contributed by atoms with Gasteiger partial charge in [-0.2, -0.15) is 0 Å². The molecule has 0 radical (unpaired) electrons. The highest BCUT2D eigenvalue weighted by Crippen LogP contribution is 2.48. The largest absolute Gasteiger partial charge is 0.379 e. The van der Waals surface area contributed by atoms with Gasteiger partial charge in [0.05, 0.1) is 13.2 Å². The van der Waals surface area contributed by atoms with Gasteiger partial charge in [-0.25, -0.2) is 0 Å². The first-order chi connectivity index (χ1) is 11.1. The third kappa shape index (κ3) is 3.86. The Balaban J connectivity index is 1.46. The molecule has 1 saturated carbocycles. The maximum atomic E-state index is 12.8. The minimum absolute atomic E-state index is 0.0611. The summed E-state index contributed by atoms with van der Waals surface area (Å²) in [5.41, 5.74) is -0.748. The van der Waals surface area contributed by atoms with E-state index in [9.17, 15) is 9.59 Å². The number of hydrogen-bond donors (Lipinski definition) is 1. The van der Waals surface area contributed by atoms with Crippen LogP contribution in [0.1, 0.15) is 32.6 Å². The van der Waals surface area contributed by atoms with E-state index in [1.54, 1.807) is 0 Å². The number of nitrogens with zero attached hydrogens (tertiary/aromatic N) is 2. The molecule has 6 heteroatoms. The zero-order valence-corrected chi connectivity index (χ0v) is 14.2. The van der Waals surface area contributed by atoms with E-state index in [1.807, 2.05) is 4.90 Å². The minimum Gasteiger partial charge on any atom is -0.379 e. The van der Waals surface area contributed by atoms with Gasteiger partial charge >= 0.3 is 0 Å². The van der Waals surface area contributed by atoms with Crippen LogP contribution in [0.4, 0.5) is 0 Å². The number of carbonyl (C=O) groups is 2. The quantitative estimate of drug-likeness (QED) is 0.747. The van der Waals surface area contributed by atoms with E-state index in [1.165, 1.54) is 6.42 Å². The fraction of sp³-hybridized carbons (Fsp3) is 0.882. The summed E-state index contributed by atoms with van der Waals surface area (Å²) in [4.78, 5) is 29.5. The second-order valence-corrected chi connectivity index (χ2v) is 7.29. The molecule has 1 aliphatic carbocycles. The molecule has 2 amide bonds. The van der Waals surface area contributed by atoms with Gasteiger partial charge in [-0.05, 0) is 31.6 Å². The number of likely N-dealkylation sites (tertiary alicyclic amines) is 1. The van der Waals surface area contributed by atoms with Gasteiger partial charge in [0, 0.05) is 39.3 Å². The van der Waals surface area contributed by atoms with Gasteiger partial charge in [-0.3, -0.25) is 14.5 Å². The summed E-state index contributed by atoms with van der Waals surface area (Å²) >= 11 is 0. The van der Waals surface area contributed by atoms with Crippen LogP contribution in [0.5, 0.6) is 0 Å². The van der Waals surface area contributed by atoms with Crippen molar-refractivity contribution in [2.75, 3.05) is 52.5 Å². The summed E-state index contributed by atoms with van der Waals surface area (Å²) in [6, 6.07) is 0. The number of hydrogen-bond acceptors (Lipinski definition) is 4. The fourth-order valence-corrected chi connectivity index (χ4v) is 3.66. The molecule has 23 heavy (non-hydrogen) atoms. The van der Waals surface area contributed by atoms with Crippen molar-refractivity contribution >= 4 is 11.8 Å². The molecule has 2 saturated heterocycles. The molecular formula is C17H29N3O3. The van der Waals surface area contributed by atoms with Gasteiger partial charge < -0.3 is 15.0 Å². The molecule has 0 bridgehead atoms. The van der Waals surface area contributed by atoms with Gasteiger partial charge in [0.1, 0.15) is 5.41 Å². The van der Waals surface area contributed by atoms with E-state index in [2.05, 4.69) is 17.1 Å². The number of morpholine rings is 1. The lowest BCUT2D eigenvalue weighted by atomic mass is 9.97. The Bertz CT molecular complexity index is 444. The number of rotatable bonds is 5. The van der Waals surface area contributed by atoms with Crippen LogP contribution in [0.25, 0.3) is 0 Å². The number of ether oxygens (including phenoxy) is 1. The van der Waals surface area contributed by atoms with Crippen molar-refractivity contribution in [2.24, 2.45) is 11.3 Å². The molecule has 2 aliphatic heterocycles. The first-order valence-corrected chi connectivity index (χ1v) is 8.99. The molecule has 0 spiro atoms. The van der Waals surface area contributed by atoms with E-state index in [0.717, 1.165) is 52.4 Å². The molecule has 2 heterocycles. The monoisotopic (exact) mass is 323 g/mol. The SMILES string of the molecule is CC1CCCN(C(=O)C2(C(=O)NCCN3CCOCC3)CC2)C1. The van der Waals surface area contributed by atoms with E-state index in [-0.39, 0.29) is 11.8 Å². The summed E-state index contributed by atoms with van der Waals surface area (Å²) in [7, 11) is 0. The van der Waals surface area contributed by atoms with Crippen molar-refractivity contribution in [3.8, 4) is 0 Å². The Morgan fingerprint density at radius 2 is 1.96 bits per heavy atom. The van der Waals surface area contributed by atoms with Crippen LogP contribution in [0.15, 0.2) is 0 Å². The first-order valence-electron chi connectivity index (χ1n) is 8.99. The molecule has 130 valence electrons. The van der Waals surface area contributed by atoms with E-state index < -0.39 is 5.41 Å². The summed E-state index contributed by atoms with van der Waals surface area (Å²) in [5, 5.41) is 3.00. The topological polar surface area (TPSA) is 61.9 Å². The normalized spacial score (nSPS) is 27.5. The van der Waals surface area contributed by atoms with Crippen LogP contribution in [-0.4, -0.2) is 74.1 Å². The van der Waals surface area contributed by atoms with E-state index >= 15 is 0 Å². The van der Waals surface area contributed by atoms with E-state index in [0.29, 0.717) is 25.3 Å². The molecule has 0 aromatic heterocycles. The Morgan fingerprint density at radius 1 is 1.22 bits per heavy atom. The first kappa shape index (κ1) is 16.7. The molecule has 1 N–H and O–H groups in total. The predicted octanol–water partition coefficient (Wildman–Crippen LogP) is 0.474. The highest BCUT2D eigenvalue weighted by Gasteiger charge is 2.58. The third-order valence-electron chi connectivity index (χ3n) is 5.36. The molecule has 3 aliphatic rings. The lowest BCUT2D eigenvalue weighted by Gasteiger charge is -2.33. The molecular weight excluding hydrogens is 294 g/mol. The average Bonchev–Trinajstić information content (AvgIpc) is 3.37. The summed E-state index contributed by atoms with van der Waals surface area (Å²) in [5.74, 6) is 0.551. The van der Waals surface area contributed by atoms with Gasteiger partial charge in [0.25, 0.3) is 0 Å². The van der Waals surface area contributed by atoms with Gasteiger partial charge in [-0.1, -0.05) is 6.92 Å². The highest BCUT2D eigenvalue weighted by atomic mass is 16.5. The van der Waals surface area contributed by atoms with Crippen LogP contribution >= 0.6 is 0 Å². The smallest absolute Gasteiger partial charge is 0.238 e. The zero-order valence-electron chi connectivity index (χ0n) is 14.2. The van der Waals surface area contributed by atoms with Crippen LogP contribution in [-0.2, 0) is 14.3 Å². The Labute approximate surface area is 138 Å². The maximum Gasteiger partial charge on any atom is 0.238 e. The summed E-state index contributed by atoms with van der Waals surface area (Å²) in [6.45, 7) is 8.63. The second-order valence-electron chi connectivity index (χ2n) is 7.29. The fourth-order valence-electron chi connectivity index (χ4n) is 3.66. The lowest BCUT2D eigenvalue weighted by molar-refractivity contribution is -0.145. The van der Waals surface area contributed by atoms with Crippen molar-refractivity contribution in [1.82, 2.24) is 15.1 Å². The maximum absolute atomic E-state index is 12.8. The van der Waals surface area contributed by atoms with Gasteiger partial charge in [0.2, 0.25) is 11.8 Å². The van der Waals surface area contributed by atoms with Crippen LogP contribution in [0.3, 0.4) is 0 Å². The third-order valence-corrected chi connectivity index (χ3v) is 5.36. The van der Waals surface area contributed by atoms with Crippen LogP contribution in [0, 0.1) is 11.3 Å². The second kappa shape index (κ2) is 7.18. The number of nitrogens with one attached hydrogen (secondary N) is 1. The van der Waals surface area contributed by atoms with Gasteiger partial charge in [-0.15, -0.1) is 0 Å². The van der Waals surface area contributed by atoms with Crippen molar-refractivity contribution in [3.63, 3.8) is 0 Å². The molecule has 6 nitrogen and oxygen atoms in total. The predicted molar refractivity (Wildman–Crippen MR) is 86.9 cm³/mol. The molecule has 3 fully saturated rings. The standard InChI is InChI=1S/C17H29N3O3/c1-14-3-2-7-20(13-14)16(22)17(4-5-17)15(21)18-6-8-19-9-11-23-12-10-19/h14H,2-13H2,1H3,(H,18,21). The zero-order chi connectivity index (χ0) is 16.3. The Hall–Kier alpha value is -1.14. The Kier molecular flexibility index (Phi) is 5.21. The van der Waals surface area contributed by atoms with E-state index in [4.69, 9.17) is 4.74 Å². The van der Waals surface area contributed by atoms with Crippen molar-refractivity contribution < 1.29 is 14.3 Å². The molecule has 0 aromatic carbocycles. The van der Waals surface area contributed by atoms with Crippen LogP contribution in [0.2, 0.25) is 0 Å². The molecule has 3 rings (SSSR count). The minimum atomic E-state index is -0.748. The summed E-state index contributed by atoms with van der Waals surface area (Å²) in [6.07, 6.45) is 3.66. The number of carbonyl (C=O) groups excluding carboxylic acids is 2. The molecule has 0 aromatic rings. The van der Waals surface area contributed by atoms with Crippen molar-refractivity contribution in [3.05, 3.63) is 0 Å². The Morgan fingerprint density at radius 3 is 2.61 bits per heavy atom. The van der Waals surface area contributed by atoms with Gasteiger partial charge in [0.15, 0.2) is 0 Å². The molecule has 1 unspecified atom stereocenters. The average molecular weight is 323 g/mol. The van der Waals surface area contributed by atoms with Crippen molar-refractivity contribution in [2.45, 2.75) is 32.6 Å². The summed E-state index contributed by atoms with van der Waals surface area (Å²) < 4.78 is 5.32. The number of amides is 2. The lowest BCUT2D eigenvalue weighted by Crippen LogP contribution is -2.49. The molecule has 1 atom stereocenters. The van der Waals surface area contributed by atoms with Crippen LogP contribution < -0.4 is 5.32 Å². The van der Waals surface area contributed by atoms with Crippen molar-refractivity contribution in [1.29, 1.82) is 0 Å². The number of piperidine rings is 1.